The summed E-state index contributed by atoms with van der Waals surface area (Å²) in [5, 5.41) is 4.16. The molecule has 0 saturated heterocycles. The highest BCUT2D eigenvalue weighted by molar-refractivity contribution is 4.88. The Morgan fingerprint density at radius 3 is 2.93 bits per heavy atom. The molecule has 14 heavy (non-hydrogen) atoms. The second-order valence-corrected chi connectivity index (χ2v) is 3.38. The second kappa shape index (κ2) is 5.72. The standard InChI is InChI=1S/C9H19N5/c1-3-5-14-9(11-7-12-14)6-8(4-2)13-10/h7-8,13H,3-6,10H2,1-2H3. The van der Waals surface area contributed by atoms with Gasteiger partial charge in [0.15, 0.2) is 0 Å². The first kappa shape index (κ1) is 11.1. The first-order valence-electron chi connectivity index (χ1n) is 5.14. The average molecular weight is 197 g/mol. The van der Waals surface area contributed by atoms with Crippen LogP contribution in [0, 0.1) is 0 Å². The Hall–Kier alpha value is -0.940. The van der Waals surface area contributed by atoms with Crippen LogP contribution in [0.5, 0.6) is 0 Å². The molecule has 3 N–H and O–H groups in total. The van der Waals surface area contributed by atoms with Crippen LogP contribution in [0.4, 0.5) is 0 Å². The van der Waals surface area contributed by atoms with Gasteiger partial charge >= 0.3 is 0 Å². The molecule has 0 fully saturated rings. The van der Waals surface area contributed by atoms with Crippen molar-refractivity contribution in [2.24, 2.45) is 5.84 Å². The van der Waals surface area contributed by atoms with E-state index in [0.717, 1.165) is 31.6 Å². The van der Waals surface area contributed by atoms with Crippen molar-refractivity contribution in [2.45, 2.75) is 45.7 Å². The number of aromatic nitrogens is 3. The summed E-state index contributed by atoms with van der Waals surface area (Å²) < 4.78 is 1.94. The molecule has 1 rings (SSSR count). The fourth-order valence-electron chi connectivity index (χ4n) is 1.39. The fraction of sp³-hybridized carbons (Fsp3) is 0.778. The molecule has 1 aromatic heterocycles. The van der Waals surface area contributed by atoms with Gasteiger partial charge in [0.05, 0.1) is 0 Å². The zero-order valence-electron chi connectivity index (χ0n) is 8.90. The molecule has 5 nitrogen and oxygen atoms in total. The quantitative estimate of drug-likeness (QED) is 0.514. The van der Waals surface area contributed by atoms with Gasteiger partial charge in [-0.25, -0.2) is 4.98 Å². The van der Waals surface area contributed by atoms with Crippen LogP contribution in [0.15, 0.2) is 6.33 Å². The third-order valence-electron chi connectivity index (χ3n) is 2.29. The minimum Gasteiger partial charge on any atom is -0.271 e. The number of aryl methyl sites for hydroxylation is 1. The van der Waals surface area contributed by atoms with E-state index in [1.165, 1.54) is 0 Å². The molecule has 0 aliphatic rings. The molecule has 0 saturated carbocycles. The Morgan fingerprint density at radius 2 is 2.36 bits per heavy atom. The zero-order chi connectivity index (χ0) is 10.4. The normalized spacial score (nSPS) is 13.1. The maximum atomic E-state index is 5.42. The molecule has 0 bridgehead atoms. The molecular weight excluding hydrogens is 178 g/mol. The van der Waals surface area contributed by atoms with Gasteiger partial charge in [-0.3, -0.25) is 16.0 Å². The molecule has 1 atom stereocenters. The minimum atomic E-state index is 0.287. The molecule has 1 aromatic rings. The van der Waals surface area contributed by atoms with E-state index in [0.29, 0.717) is 0 Å². The Balaban J connectivity index is 2.60. The number of hydrazine groups is 1. The third kappa shape index (κ3) is 2.78. The average Bonchev–Trinajstić information content (AvgIpc) is 2.62. The summed E-state index contributed by atoms with van der Waals surface area (Å²) in [6, 6.07) is 0.287. The summed E-state index contributed by atoms with van der Waals surface area (Å²) in [6.45, 7) is 5.16. The van der Waals surface area contributed by atoms with Crippen LogP contribution in [0.3, 0.4) is 0 Å². The van der Waals surface area contributed by atoms with Crippen molar-refractivity contribution in [3.63, 3.8) is 0 Å². The lowest BCUT2D eigenvalue weighted by atomic mass is 10.1. The minimum absolute atomic E-state index is 0.287. The van der Waals surface area contributed by atoms with Gasteiger partial charge in [-0.1, -0.05) is 13.8 Å². The number of nitrogens with one attached hydrogen (secondary N) is 1. The van der Waals surface area contributed by atoms with E-state index in [1.54, 1.807) is 6.33 Å². The molecule has 0 aliphatic carbocycles. The van der Waals surface area contributed by atoms with Crippen molar-refractivity contribution >= 4 is 0 Å². The van der Waals surface area contributed by atoms with Gasteiger partial charge in [-0.2, -0.15) is 5.10 Å². The monoisotopic (exact) mass is 197 g/mol. The van der Waals surface area contributed by atoms with E-state index in [2.05, 4.69) is 29.4 Å². The Morgan fingerprint density at radius 1 is 1.57 bits per heavy atom. The Bertz CT molecular complexity index is 253. The molecule has 0 amide bonds. The highest BCUT2D eigenvalue weighted by Crippen LogP contribution is 2.02. The number of nitrogens with zero attached hydrogens (tertiary/aromatic N) is 3. The van der Waals surface area contributed by atoms with Crippen molar-refractivity contribution in [1.29, 1.82) is 0 Å². The lowest BCUT2D eigenvalue weighted by Gasteiger charge is -2.13. The van der Waals surface area contributed by atoms with Crippen LogP contribution in [-0.2, 0) is 13.0 Å². The van der Waals surface area contributed by atoms with Gasteiger partial charge < -0.3 is 0 Å². The fourth-order valence-corrected chi connectivity index (χ4v) is 1.39. The van der Waals surface area contributed by atoms with Crippen molar-refractivity contribution in [3.8, 4) is 0 Å². The summed E-state index contributed by atoms with van der Waals surface area (Å²) in [7, 11) is 0. The van der Waals surface area contributed by atoms with E-state index in [9.17, 15) is 0 Å². The van der Waals surface area contributed by atoms with Crippen LogP contribution in [-0.4, -0.2) is 20.8 Å². The summed E-state index contributed by atoms with van der Waals surface area (Å²) in [6.07, 6.45) is 4.51. The maximum Gasteiger partial charge on any atom is 0.138 e. The predicted molar refractivity (Wildman–Crippen MR) is 55.4 cm³/mol. The lowest BCUT2D eigenvalue weighted by molar-refractivity contribution is 0.474. The van der Waals surface area contributed by atoms with Crippen molar-refractivity contribution in [1.82, 2.24) is 20.2 Å². The van der Waals surface area contributed by atoms with E-state index in [4.69, 9.17) is 5.84 Å². The summed E-state index contributed by atoms with van der Waals surface area (Å²) in [5.41, 5.74) is 2.78. The van der Waals surface area contributed by atoms with Crippen LogP contribution in [0.1, 0.15) is 32.5 Å². The largest absolute Gasteiger partial charge is 0.271 e. The van der Waals surface area contributed by atoms with Crippen LogP contribution >= 0.6 is 0 Å². The van der Waals surface area contributed by atoms with E-state index in [1.807, 2.05) is 4.68 Å². The predicted octanol–water partition coefficient (Wildman–Crippen LogP) is 0.473. The summed E-state index contributed by atoms with van der Waals surface area (Å²) in [5.74, 6) is 6.43. The summed E-state index contributed by atoms with van der Waals surface area (Å²) in [4.78, 5) is 4.23. The Labute approximate surface area is 84.7 Å². The van der Waals surface area contributed by atoms with Crippen LogP contribution in [0.25, 0.3) is 0 Å². The smallest absolute Gasteiger partial charge is 0.138 e. The number of rotatable bonds is 6. The molecule has 1 heterocycles. The number of hydrogen-bond acceptors (Lipinski definition) is 4. The molecular formula is C9H19N5. The van der Waals surface area contributed by atoms with Gasteiger partial charge in [0.25, 0.3) is 0 Å². The third-order valence-corrected chi connectivity index (χ3v) is 2.29. The zero-order valence-corrected chi connectivity index (χ0v) is 8.90. The SMILES string of the molecule is CCCn1ncnc1CC(CC)NN. The van der Waals surface area contributed by atoms with Gasteiger partial charge in [-0.15, -0.1) is 0 Å². The van der Waals surface area contributed by atoms with Gasteiger partial charge in [0.1, 0.15) is 12.2 Å². The second-order valence-electron chi connectivity index (χ2n) is 3.38. The van der Waals surface area contributed by atoms with Gasteiger partial charge in [0, 0.05) is 19.0 Å². The summed E-state index contributed by atoms with van der Waals surface area (Å²) >= 11 is 0. The van der Waals surface area contributed by atoms with E-state index >= 15 is 0 Å². The van der Waals surface area contributed by atoms with Gasteiger partial charge in [0.2, 0.25) is 0 Å². The topological polar surface area (TPSA) is 68.8 Å². The first-order valence-corrected chi connectivity index (χ1v) is 5.14. The molecule has 1 unspecified atom stereocenters. The lowest BCUT2D eigenvalue weighted by Crippen LogP contribution is -2.36. The van der Waals surface area contributed by atoms with Crippen molar-refractivity contribution in [3.05, 3.63) is 12.2 Å². The first-order chi connectivity index (χ1) is 6.81. The van der Waals surface area contributed by atoms with Crippen molar-refractivity contribution in [2.75, 3.05) is 0 Å². The number of nitrogens with two attached hydrogens (primary N) is 1. The highest BCUT2D eigenvalue weighted by Gasteiger charge is 2.09. The van der Waals surface area contributed by atoms with E-state index < -0.39 is 0 Å². The molecule has 0 spiro atoms. The Kier molecular flexibility index (Phi) is 4.55. The van der Waals surface area contributed by atoms with Gasteiger partial charge in [-0.05, 0) is 12.8 Å². The highest BCUT2D eigenvalue weighted by atomic mass is 15.3. The van der Waals surface area contributed by atoms with Crippen LogP contribution < -0.4 is 11.3 Å². The molecule has 80 valence electrons. The molecule has 0 aliphatic heterocycles. The van der Waals surface area contributed by atoms with E-state index in [-0.39, 0.29) is 6.04 Å². The van der Waals surface area contributed by atoms with Crippen molar-refractivity contribution < 1.29 is 0 Å². The molecule has 5 heteroatoms. The number of hydrogen-bond donors (Lipinski definition) is 2. The molecule has 0 radical (unpaired) electrons. The van der Waals surface area contributed by atoms with Crippen LogP contribution in [0.2, 0.25) is 0 Å². The molecule has 0 aromatic carbocycles. The maximum absolute atomic E-state index is 5.42.